The van der Waals surface area contributed by atoms with E-state index in [1.54, 1.807) is 43.3 Å². The quantitative estimate of drug-likeness (QED) is 0.407. The second-order valence-electron chi connectivity index (χ2n) is 8.44. The van der Waals surface area contributed by atoms with Crippen molar-refractivity contribution in [2.24, 2.45) is 10.8 Å². The van der Waals surface area contributed by atoms with E-state index in [2.05, 4.69) is 0 Å². The van der Waals surface area contributed by atoms with Crippen LogP contribution in [0.3, 0.4) is 0 Å². The molecule has 9 heteroatoms. The smallest absolute Gasteiger partial charge is 0.338 e. The summed E-state index contributed by atoms with van der Waals surface area (Å²) >= 11 is 1.46. The van der Waals surface area contributed by atoms with Crippen LogP contribution in [0.15, 0.2) is 47.6 Å². The third-order valence-electron chi connectivity index (χ3n) is 6.15. The van der Waals surface area contributed by atoms with Crippen molar-refractivity contribution in [3.63, 3.8) is 0 Å². The van der Waals surface area contributed by atoms with Crippen LogP contribution in [0.25, 0.3) is 0 Å². The monoisotopic (exact) mass is 497 g/mol. The summed E-state index contributed by atoms with van der Waals surface area (Å²) in [6.45, 7) is 2.07. The van der Waals surface area contributed by atoms with Gasteiger partial charge in [-0.15, -0.1) is 11.8 Å². The Balaban J connectivity index is 1.58. The van der Waals surface area contributed by atoms with Crippen LogP contribution in [0.4, 0.5) is 0 Å². The highest BCUT2D eigenvalue weighted by molar-refractivity contribution is 8.01. The van der Waals surface area contributed by atoms with E-state index in [-0.39, 0.29) is 12.1 Å². The molecule has 0 radical (unpaired) electrons. The molecule has 1 fully saturated rings. The number of aldehydes is 1. The number of hydrogen-bond donors (Lipinski definition) is 1. The minimum absolute atomic E-state index is 0.198. The molecule has 4 rings (SSSR count). The van der Waals surface area contributed by atoms with Crippen molar-refractivity contribution >= 4 is 29.7 Å². The minimum atomic E-state index is -0.670. The Kier molecular flexibility index (Phi) is 8.30. The fourth-order valence-electron chi connectivity index (χ4n) is 4.25. The standard InChI is InChI=1S/C26H31N3O5S/c1-3-33-26(31)18-10-8-17(9-11-18)25(27)29-24(15-30)35-16-21(28-29)19-12-13-22(32-2)23(14-19)34-20-6-4-5-7-20/h8-15,20,24-25H,3-7,16,27H2,1-2H3. The van der Waals surface area contributed by atoms with Gasteiger partial charge in [0.15, 0.2) is 23.2 Å². The molecular weight excluding hydrogens is 466 g/mol. The fourth-order valence-corrected chi connectivity index (χ4v) is 5.21. The molecule has 0 saturated heterocycles. The lowest BCUT2D eigenvalue weighted by atomic mass is 10.1. The zero-order valence-corrected chi connectivity index (χ0v) is 20.8. The molecule has 1 aliphatic heterocycles. The topological polar surface area (TPSA) is 103 Å². The Bertz CT molecular complexity index is 1070. The summed E-state index contributed by atoms with van der Waals surface area (Å²) in [5, 5.41) is 5.87. The Morgan fingerprint density at radius 3 is 2.60 bits per heavy atom. The third-order valence-corrected chi connectivity index (χ3v) is 7.25. The van der Waals surface area contributed by atoms with E-state index in [0.29, 0.717) is 29.4 Å². The maximum absolute atomic E-state index is 12.0. The fraction of sp³-hybridized carbons (Fsp3) is 0.423. The largest absolute Gasteiger partial charge is 0.493 e. The average Bonchev–Trinajstić information content (AvgIpc) is 3.41. The van der Waals surface area contributed by atoms with Gasteiger partial charge in [-0.05, 0) is 68.5 Å². The van der Waals surface area contributed by atoms with Gasteiger partial charge in [0, 0.05) is 11.3 Å². The van der Waals surface area contributed by atoms with Gasteiger partial charge in [0.2, 0.25) is 0 Å². The van der Waals surface area contributed by atoms with Crippen LogP contribution in [-0.2, 0) is 9.53 Å². The highest BCUT2D eigenvalue weighted by Crippen LogP contribution is 2.35. The molecule has 35 heavy (non-hydrogen) atoms. The van der Waals surface area contributed by atoms with Crippen LogP contribution in [0.2, 0.25) is 0 Å². The molecule has 2 aromatic rings. The van der Waals surface area contributed by atoms with Crippen molar-refractivity contribution < 1.29 is 23.8 Å². The number of rotatable bonds is 9. The number of ether oxygens (including phenoxy) is 3. The van der Waals surface area contributed by atoms with Crippen molar-refractivity contribution in [2.45, 2.75) is 50.3 Å². The highest BCUT2D eigenvalue weighted by Gasteiger charge is 2.30. The summed E-state index contributed by atoms with van der Waals surface area (Å²) < 4.78 is 16.8. The molecule has 1 heterocycles. The van der Waals surface area contributed by atoms with Crippen molar-refractivity contribution in [3.8, 4) is 11.5 Å². The van der Waals surface area contributed by atoms with Crippen molar-refractivity contribution in [2.75, 3.05) is 19.5 Å². The molecule has 0 bridgehead atoms. The van der Waals surface area contributed by atoms with E-state index in [1.165, 1.54) is 24.6 Å². The van der Waals surface area contributed by atoms with Gasteiger partial charge < -0.3 is 24.7 Å². The first-order chi connectivity index (χ1) is 17.0. The number of carbonyl (C=O) groups excluding carboxylic acids is 2. The number of benzene rings is 2. The molecule has 2 N–H and O–H groups in total. The predicted octanol–water partition coefficient (Wildman–Crippen LogP) is 4.13. The van der Waals surface area contributed by atoms with Gasteiger partial charge >= 0.3 is 5.97 Å². The summed E-state index contributed by atoms with van der Waals surface area (Å²) in [6.07, 6.45) is 4.82. The van der Waals surface area contributed by atoms with Crippen LogP contribution in [0.1, 0.15) is 60.3 Å². The van der Waals surface area contributed by atoms with Crippen LogP contribution < -0.4 is 15.2 Å². The first-order valence-electron chi connectivity index (χ1n) is 11.8. The van der Waals surface area contributed by atoms with E-state index in [1.807, 2.05) is 18.2 Å². The first-order valence-corrected chi connectivity index (χ1v) is 12.9. The Hall–Kier alpha value is -3.04. The van der Waals surface area contributed by atoms with E-state index in [4.69, 9.17) is 25.0 Å². The Morgan fingerprint density at radius 2 is 1.94 bits per heavy atom. The molecule has 2 aromatic carbocycles. The lowest BCUT2D eigenvalue weighted by molar-refractivity contribution is -0.110. The predicted molar refractivity (Wildman–Crippen MR) is 136 cm³/mol. The molecule has 0 aromatic heterocycles. The van der Waals surface area contributed by atoms with E-state index >= 15 is 0 Å². The Labute approximate surface area is 209 Å². The number of carbonyl (C=O) groups is 2. The van der Waals surface area contributed by atoms with Gasteiger partial charge in [-0.25, -0.2) is 4.79 Å². The molecule has 0 spiro atoms. The molecule has 0 amide bonds. The van der Waals surface area contributed by atoms with Crippen LogP contribution in [0.5, 0.6) is 11.5 Å². The van der Waals surface area contributed by atoms with Crippen LogP contribution in [-0.4, -0.2) is 53.9 Å². The summed E-state index contributed by atoms with van der Waals surface area (Å²) in [5.41, 5.74) is 9.40. The lowest BCUT2D eigenvalue weighted by Gasteiger charge is -2.34. The first kappa shape index (κ1) is 25.1. The van der Waals surface area contributed by atoms with Gasteiger partial charge in [0.25, 0.3) is 0 Å². The maximum atomic E-state index is 12.0. The zero-order valence-electron chi connectivity index (χ0n) is 20.0. The summed E-state index contributed by atoms with van der Waals surface area (Å²) in [5.74, 6) is 1.56. The van der Waals surface area contributed by atoms with Crippen LogP contribution in [0, 0.1) is 0 Å². The molecule has 8 nitrogen and oxygen atoms in total. The third kappa shape index (κ3) is 5.79. The number of nitrogens with two attached hydrogens (primary N) is 1. The molecule has 2 atom stereocenters. The van der Waals surface area contributed by atoms with Gasteiger partial charge in [-0.1, -0.05) is 12.1 Å². The van der Waals surface area contributed by atoms with Crippen molar-refractivity contribution in [1.82, 2.24) is 5.01 Å². The van der Waals surface area contributed by atoms with Gasteiger partial charge in [0.05, 0.1) is 31.1 Å². The van der Waals surface area contributed by atoms with Crippen molar-refractivity contribution in [1.29, 1.82) is 0 Å². The molecule has 1 saturated carbocycles. The Morgan fingerprint density at radius 1 is 1.20 bits per heavy atom. The normalized spacial score (nSPS) is 19.1. The second kappa shape index (κ2) is 11.6. The van der Waals surface area contributed by atoms with E-state index in [0.717, 1.165) is 36.0 Å². The van der Waals surface area contributed by atoms with Crippen molar-refractivity contribution in [3.05, 3.63) is 59.2 Å². The zero-order chi connectivity index (χ0) is 24.8. The van der Waals surface area contributed by atoms with Gasteiger partial charge in [0.1, 0.15) is 6.17 Å². The highest BCUT2D eigenvalue weighted by atomic mass is 32.2. The number of esters is 1. The summed E-state index contributed by atoms with van der Waals surface area (Å²) in [4.78, 5) is 23.8. The SMILES string of the molecule is CCOC(=O)c1ccc(C(N)N2N=C(c3ccc(OC)c(OC4CCCC4)c3)CSC2C=O)cc1. The molecule has 186 valence electrons. The van der Waals surface area contributed by atoms with Gasteiger partial charge in [-0.3, -0.25) is 5.01 Å². The van der Waals surface area contributed by atoms with E-state index in [9.17, 15) is 9.59 Å². The average molecular weight is 498 g/mol. The van der Waals surface area contributed by atoms with Crippen LogP contribution >= 0.6 is 11.8 Å². The van der Waals surface area contributed by atoms with Gasteiger partial charge in [-0.2, -0.15) is 5.10 Å². The summed E-state index contributed by atoms with van der Waals surface area (Å²) in [7, 11) is 1.63. The minimum Gasteiger partial charge on any atom is -0.493 e. The molecule has 1 aliphatic carbocycles. The number of hydrogen-bond acceptors (Lipinski definition) is 9. The number of thioether (sulfide) groups is 1. The number of hydrazone groups is 1. The second-order valence-corrected chi connectivity index (χ2v) is 9.55. The maximum Gasteiger partial charge on any atom is 0.338 e. The lowest BCUT2D eigenvalue weighted by Crippen LogP contribution is -2.42. The number of methoxy groups -OCH3 is 1. The molecule has 2 aliphatic rings. The van der Waals surface area contributed by atoms with E-state index < -0.39 is 11.5 Å². The molecule has 2 unspecified atom stereocenters. The molecular formula is C26H31N3O5S. The summed E-state index contributed by atoms with van der Waals surface area (Å²) in [6, 6.07) is 12.6. The number of nitrogens with zero attached hydrogens (tertiary/aromatic N) is 2.